The lowest BCUT2D eigenvalue weighted by Gasteiger charge is -2.22. The summed E-state index contributed by atoms with van der Waals surface area (Å²) in [5, 5.41) is 6.21. The minimum atomic E-state index is 0.0676. The maximum absolute atomic E-state index is 11.6. The van der Waals surface area contributed by atoms with Crippen LogP contribution in [-0.2, 0) is 4.79 Å². The van der Waals surface area contributed by atoms with Crippen molar-refractivity contribution < 1.29 is 4.79 Å². The van der Waals surface area contributed by atoms with Gasteiger partial charge in [0.2, 0.25) is 5.91 Å². The molecule has 0 aromatic carbocycles. The van der Waals surface area contributed by atoms with Crippen LogP contribution in [0.1, 0.15) is 25.7 Å². The van der Waals surface area contributed by atoms with Crippen molar-refractivity contribution in [2.45, 2.75) is 31.7 Å². The van der Waals surface area contributed by atoms with Crippen LogP contribution in [0.15, 0.2) is 0 Å². The van der Waals surface area contributed by atoms with Gasteiger partial charge in [-0.25, -0.2) is 0 Å². The molecular weight excluding hydrogens is 196 g/mol. The number of rotatable bonds is 5. The van der Waals surface area contributed by atoms with Gasteiger partial charge in [-0.05, 0) is 37.8 Å². The van der Waals surface area contributed by atoms with E-state index in [9.17, 15) is 4.79 Å². The van der Waals surface area contributed by atoms with Crippen molar-refractivity contribution in [3.63, 3.8) is 0 Å². The van der Waals surface area contributed by atoms with Gasteiger partial charge in [0.1, 0.15) is 0 Å². The monoisotopic (exact) mass is 216 g/mol. The number of carbonyl (C=O) groups is 1. The summed E-state index contributed by atoms with van der Waals surface area (Å²) in [6.45, 7) is 1.81. The molecule has 2 N–H and O–H groups in total. The summed E-state index contributed by atoms with van der Waals surface area (Å²) in [7, 11) is 0. The van der Waals surface area contributed by atoms with Gasteiger partial charge in [-0.15, -0.1) is 0 Å². The number of thioether (sulfide) groups is 1. The van der Waals surface area contributed by atoms with Gasteiger partial charge in [0.15, 0.2) is 0 Å². The van der Waals surface area contributed by atoms with Crippen LogP contribution in [0.25, 0.3) is 0 Å². The third-order valence-corrected chi connectivity index (χ3v) is 3.15. The van der Waals surface area contributed by atoms with Crippen LogP contribution in [0.5, 0.6) is 0 Å². The highest BCUT2D eigenvalue weighted by Gasteiger charge is 2.19. The van der Waals surface area contributed by atoms with Crippen LogP contribution in [-0.4, -0.2) is 37.0 Å². The molecule has 3 nitrogen and oxygen atoms in total. The van der Waals surface area contributed by atoms with Gasteiger partial charge in [-0.3, -0.25) is 4.79 Å². The fourth-order valence-corrected chi connectivity index (χ4v) is 2.06. The second-order valence-electron chi connectivity index (χ2n) is 3.64. The lowest BCUT2D eigenvalue weighted by Crippen LogP contribution is -2.46. The Balaban J connectivity index is 2.07. The first-order valence-corrected chi connectivity index (χ1v) is 6.74. The first kappa shape index (κ1) is 11.9. The average molecular weight is 216 g/mol. The third-order valence-electron chi connectivity index (χ3n) is 2.45. The molecule has 82 valence electrons. The van der Waals surface area contributed by atoms with Crippen molar-refractivity contribution in [1.82, 2.24) is 10.6 Å². The molecule has 1 heterocycles. The molecule has 0 bridgehead atoms. The zero-order valence-corrected chi connectivity index (χ0v) is 9.66. The molecule has 1 fully saturated rings. The van der Waals surface area contributed by atoms with Crippen molar-refractivity contribution in [1.29, 1.82) is 0 Å². The fraction of sp³-hybridized carbons (Fsp3) is 0.900. The SMILES string of the molecule is CSCCCNC(=O)[C@@H]1CCCCN1. The summed E-state index contributed by atoms with van der Waals surface area (Å²) in [6, 6.07) is 0.0676. The molecule has 0 spiro atoms. The van der Waals surface area contributed by atoms with Crippen molar-refractivity contribution in [3.05, 3.63) is 0 Å². The van der Waals surface area contributed by atoms with Crippen molar-refractivity contribution >= 4 is 17.7 Å². The largest absolute Gasteiger partial charge is 0.355 e. The van der Waals surface area contributed by atoms with Crippen LogP contribution >= 0.6 is 11.8 Å². The molecule has 1 atom stereocenters. The van der Waals surface area contributed by atoms with Gasteiger partial charge in [0.25, 0.3) is 0 Å². The fourth-order valence-electron chi connectivity index (χ4n) is 1.63. The Labute approximate surface area is 90.4 Å². The predicted molar refractivity (Wildman–Crippen MR) is 61.7 cm³/mol. The molecule has 0 radical (unpaired) electrons. The molecule has 1 aliphatic heterocycles. The highest BCUT2D eigenvalue weighted by atomic mass is 32.2. The number of hydrogen-bond acceptors (Lipinski definition) is 3. The molecule has 14 heavy (non-hydrogen) atoms. The Hall–Kier alpha value is -0.220. The summed E-state index contributed by atoms with van der Waals surface area (Å²) >= 11 is 1.82. The Morgan fingerprint density at radius 3 is 3.07 bits per heavy atom. The van der Waals surface area contributed by atoms with E-state index in [4.69, 9.17) is 0 Å². The maximum Gasteiger partial charge on any atom is 0.237 e. The van der Waals surface area contributed by atoms with E-state index in [0.29, 0.717) is 0 Å². The van der Waals surface area contributed by atoms with Crippen molar-refractivity contribution in [3.8, 4) is 0 Å². The highest BCUT2D eigenvalue weighted by Crippen LogP contribution is 2.06. The van der Waals surface area contributed by atoms with E-state index in [-0.39, 0.29) is 11.9 Å². The summed E-state index contributed by atoms with van der Waals surface area (Å²) < 4.78 is 0. The van der Waals surface area contributed by atoms with Gasteiger partial charge in [0, 0.05) is 6.54 Å². The first-order chi connectivity index (χ1) is 6.84. The highest BCUT2D eigenvalue weighted by molar-refractivity contribution is 7.98. The summed E-state index contributed by atoms with van der Waals surface area (Å²) in [5.41, 5.74) is 0. The topological polar surface area (TPSA) is 41.1 Å². The molecule has 1 amide bonds. The number of carbonyl (C=O) groups excluding carboxylic acids is 1. The van der Waals surface area contributed by atoms with E-state index in [0.717, 1.165) is 31.7 Å². The molecule has 0 unspecified atom stereocenters. The van der Waals surface area contributed by atoms with Gasteiger partial charge in [-0.1, -0.05) is 6.42 Å². The molecule has 0 aromatic heterocycles. The molecule has 1 rings (SSSR count). The molecule has 0 aromatic rings. The number of nitrogens with one attached hydrogen (secondary N) is 2. The molecule has 1 aliphatic rings. The molecule has 1 saturated heterocycles. The smallest absolute Gasteiger partial charge is 0.237 e. The Morgan fingerprint density at radius 2 is 2.43 bits per heavy atom. The zero-order valence-electron chi connectivity index (χ0n) is 8.84. The number of hydrogen-bond donors (Lipinski definition) is 2. The van der Waals surface area contributed by atoms with Crippen LogP contribution in [0.3, 0.4) is 0 Å². The normalized spacial score (nSPS) is 21.9. The van der Waals surface area contributed by atoms with Gasteiger partial charge < -0.3 is 10.6 Å². The molecule has 4 heteroatoms. The van der Waals surface area contributed by atoms with E-state index in [1.165, 1.54) is 12.8 Å². The first-order valence-electron chi connectivity index (χ1n) is 5.34. The van der Waals surface area contributed by atoms with E-state index < -0.39 is 0 Å². The zero-order chi connectivity index (χ0) is 10.2. The van der Waals surface area contributed by atoms with E-state index in [1.807, 2.05) is 11.8 Å². The summed E-state index contributed by atoms with van der Waals surface area (Å²) in [6.07, 6.45) is 6.53. The van der Waals surface area contributed by atoms with Crippen LogP contribution in [0.2, 0.25) is 0 Å². The van der Waals surface area contributed by atoms with E-state index in [2.05, 4.69) is 16.9 Å². The van der Waals surface area contributed by atoms with Crippen LogP contribution < -0.4 is 10.6 Å². The van der Waals surface area contributed by atoms with E-state index in [1.54, 1.807) is 0 Å². The van der Waals surface area contributed by atoms with Crippen molar-refractivity contribution in [2.75, 3.05) is 25.1 Å². The Bertz CT molecular complexity index is 170. The quantitative estimate of drug-likeness (QED) is 0.674. The second kappa shape index (κ2) is 7.12. The van der Waals surface area contributed by atoms with Crippen molar-refractivity contribution in [2.24, 2.45) is 0 Å². The molecule has 0 aliphatic carbocycles. The summed E-state index contributed by atoms with van der Waals surface area (Å²) in [4.78, 5) is 11.6. The van der Waals surface area contributed by atoms with Crippen LogP contribution in [0, 0.1) is 0 Å². The lowest BCUT2D eigenvalue weighted by molar-refractivity contribution is -0.123. The Kier molecular flexibility index (Phi) is 6.03. The maximum atomic E-state index is 11.6. The third kappa shape index (κ3) is 4.33. The van der Waals surface area contributed by atoms with Gasteiger partial charge in [-0.2, -0.15) is 11.8 Å². The number of amides is 1. The average Bonchev–Trinajstić information content (AvgIpc) is 2.25. The van der Waals surface area contributed by atoms with E-state index >= 15 is 0 Å². The minimum absolute atomic E-state index is 0.0676. The standard InChI is InChI=1S/C10H20N2OS/c1-14-8-4-7-12-10(13)9-5-2-3-6-11-9/h9,11H,2-8H2,1H3,(H,12,13)/t9-/m0/s1. The van der Waals surface area contributed by atoms with Gasteiger partial charge in [0.05, 0.1) is 6.04 Å². The van der Waals surface area contributed by atoms with Crippen LogP contribution in [0.4, 0.5) is 0 Å². The number of piperidine rings is 1. The second-order valence-corrected chi connectivity index (χ2v) is 4.63. The minimum Gasteiger partial charge on any atom is -0.355 e. The lowest BCUT2D eigenvalue weighted by atomic mass is 10.0. The molecular formula is C10H20N2OS. The summed E-state index contributed by atoms with van der Waals surface area (Å²) in [5.74, 6) is 1.31. The predicted octanol–water partition coefficient (Wildman–Crippen LogP) is 0.998. The van der Waals surface area contributed by atoms with Gasteiger partial charge >= 0.3 is 0 Å². The molecule has 0 saturated carbocycles. The Morgan fingerprint density at radius 1 is 1.57 bits per heavy atom.